The predicted molar refractivity (Wildman–Crippen MR) is 99.9 cm³/mol. The first-order valence-electron chi connectivity index (χ1n) is 8.81. The molecule has 26 heavy (non-hydrogen) atoms. The Morgan fingerprint density at radius 3 is 2.50 bits per heavy atom. The number of hydrogen-bond donors (Lipinski definition) is 3. The van der Waals surface area contributed by atoms with Crippen molar-refractivity contribution in [2.24, 2.45) is 0 Å². The lowest BCUT2D eigenvalue weighted by atomic mass is 9.93. The smallest absolute Gasteiger partial charge is 0.319 e. The van der Waals surface area contributed by atoms with E-state index in [1.54, 1.807) is 37.4 Å². The van der Waals surface area contributed by atoms with E-state index < -0.39 is 6.10 Å². The molecule has 3 rings (SSSR count). The van der Waals surface area contributed by atoms with Crippen LogP contribution in [0.15, 0.2) is 48.5 Å². The van der Waals surface area contributed by atoms with E-state index in [0.29, 0.717) is 17.2 Å². The number of hydrogen-bond acceptors (Lipinski definition) is 4. The molecule has 0 radical (unpaired) electrons. The van der Waals surface area contributed by atoms with Crippen molar-refractivity contribution >= 4 is 11.7 Å². The van der Waals surface area contributed by atoms with Crippen molar-refractivity contribution in [3.05, 3.63) is 48.5 Å². The largest absolute Gasteiger partial charge is 0.497 e. The normalized spacial score (nSPS) is 19.5. The Hall–Kier alpha value is -2.73. The molecular formula is C20H24N2O4. The fourth-order valence-electron chi connectivity index (χ4n) is 3.02. The van der Waals surface area contributed by atoms with E-state index in [9.17, 15) is 9.90 Å². The van der Waals surface area contributed by atoms with Crippen LogP contribution in [0, 0.1) is 0 Å². The van der Waals surface area contributed by atoms with Gasteiger partial charge in [0.25, 0.3) is 0 Å². The molecular weight excluding hydrogens is 332 g/mol. The summed E-state index contributed by atoms with van der Waals surface area (Å²) in [5.74, 6) is 2.06. The number of nitrogens with one attached hydrogen (secondary N) is 2. The average molecular weight is 356 g/mol. The first-order valence-corrected chi connectivity index (χ1v) is 8.81. The number of aliphatic hydroxyl groups excluding tert-OH is 1. The van der Waals surface area contributed by atoms with Gasteiger partial charge in [0.1, 0.15) is 17.2 Å². The number of methoxy groups -OCH3 is 1. The van der Waals surface area contributed by atoms with E-state index in [-0.39, 0.29) is 12.1 Å². The van der Waals surface area contributed by atoms with Gasteiger partial charge in [-0.25, -0.2) is 4.79 Å². The van der Waals surface area contributed by atoms with Crippen LogP contribution in [0.4, 0.5) is 10.5 Å². The fraction of sp³-hybridized carbons (Fsp3) is 0.350. The van der Waals surface area contributed by atoms with E-state index in [1.807, 2.05) is 18.2 Å². The highest BCUT2D eigenvalue weighted by Gasteiger charge is 2.24. The van der Waals surface area contributed by atoms with Gasteiger partial charge in [-0.15, -0.1) is 0 Å². The van der Waals surface area contributed by atoms with E-state index in [2.05, 4.69) is 10.6 Å². The second kappa shape index (κ2) is 8.58. The van der Waals surface area contributed by atoms with Crippen molar-refractivity contribution in [3.8, 4) is 17.2 Å². The van der Waals surface area contributed by atoms with Gasteiger partial charge in [-0.3, -0.25) is 0 Å². The summed E-state index contributed by atoms with van der Waals surface area (Å²) in [6.07, 6.45) is 3.12. The molecule has 0 saturated heterocycles. The van der Waals surface area contributed by atoms with Crippen LogP contribution in [0.25, 0.3) is 0 Å². The Morgan fingerprint density at radius 2 is 1.77 bits per heavy atom. The minimum Gasteiger partial charge on any atom is -0.497 e. The maximum Gasteiger partial charge on any atom is 0.319 e. The van der Waals surface area contributed by atoms with Crippen molar-refractivity contribution < 1.29 is 19.4 Å². The van der Waals surface area contributed by atoms with Crippen LogP contribution < -0.4 is 20.1 Å². The number of ether oxygens (including phenoxy) is 2. The van der Waals surface area contributed by atoms with Gasteiger partial charge >= 0.3 is 6.03 Å². The van der Waals surface area contributed by atoms with Gasteiger partial charge in [-0.2, -0.15) is 0 Å². The van der Waals surface area contributed by atoms with Gasteiger partial charge in [0.05, 0.1) is 19.3 Å². The van der Waals surface area contributed by atoms with Crippen LogP contribution in [0.1, 0.15) is 25.7 Å². The number of benzene rings is 2. The summed E-state index contributed by atoms with van der Waals surface area (Å²) < 4.78 is 10.9. The molecule has 1 saturated carbocycles. The third kappa shape index (κ3) is 4.89. The fourth-order valence-corrected chi connectivity index (χ4v) is 3.02. The summed E-state index contributed by atoms with van der Waals surface area (Å²) in [5, 5.41) is 15.6. The summed E-state index contributed by atoms with van der Waals surface area (Å²) >= 11 is 0. The highest BCUT2D eigenvalue weighted by Crippen LogP contribution is 2.26. The number of carbonyl (C=O) groups excluding carboxylic acids is 1. The van der Waals surface area contributed by atoms with E-state index >= 15 is 0 Å². The van der Waals surface area contributed by atoms with Crippen LogP contribution in [0.2, 0.25) is 0 Å². The minimum atomic E-state index is -0.465. The molecule has 0 aliphatic heterocycles. The van der Waals surface area contributed by atoms with Gasteiger partial charge in [0, 0.05) is 11.8 Å². The Morgan fingerprint density at radius 1 is 1.04 bits per heavy atom. The first-order chi connectivity index (χ1) is 12.6. The van der Waals surface area contributed by atoms with E-state index in [1.165, 1.54) is 0 Å². The molecule has 6 nitrogen and oxygen atoms in total. The Balaban J connectivity index is 1.54. The molecule has 2 amide bonds. The number of aliphatic hydroxyl groups is 1. The second-order valence-corrected chi connectivity index (χ2v) is 6.36. The van der Waals surface area contributed by atoms with Crippen molar-refractivity contribution in [2.45, 2.75) is 37.8 Å². The lowest BCUT2D eigenvalue weighted by Gasteiger charge is -2.28. The molecule has 1 aliphatic carbocycles. The molecule has 0 heterocycles. The van der Waals surface area contributed by atoms with Gasteiger partial charge in [0.2, 0.25) is 0 Å². The van der Waals surface area contributed by atoms with Crippen LogP contribution in [-0.4, -0.2) is 30.4 Å². The molecule has 0 bridgehead atoms. The lowest BCUT2D eigenvalue weighted by molar-refractivity contribution is 0.0955. The number of rotatable bonds is 5. The summed E-state index contributed by atoms with van der Waals surface area (Å²) in [4.78, 5) is 12.1. The SMILES string of the molecule is COc1cccc(Oc2ccc(NC(=O)NC3CCCCC3O)cc2)c1. The number of amides is 2. The molecule has 1 fully saturated rings. The topological polar surface area (TPSA) is 79.8 Å². The molecule has 0 aromatic heterocycles. The molecule has 1 aliphatic rings. The van der Waals surface area contributed by atoms with Gasteiger partial charge in [-0.1, -0.05) is 18.9 Å². The van der Waals surface area contributed by atoms with Crippen LogP contribution in [0.3, 0.4) is 0 Å². The monoisotopic (exact) mass is 356 g/mol. The number of anilines is 1. The van der Waals surface area contributed by atoms with Gasteiger partial charge in [-0.05, 0) is 49.2 Å². The molecule has 3 N–H and O–H groups in total. The van der Waals surface area contributed by atoms with Crippen molar-refractivity contribution in [1.82, 2.24) is 5.32 Å². The summed E-state index contributed by atoms with van der Waals surface area (Å²) in [6.45, 7) is 0. The zero-order valence-corrected chi connectivity index (χ0v) is 14.8. The first kappa shape index (κ1) is 18.1. The lowest BCUT2D eigenvalue weighted by Crippen LogP contribution is -2.46. The Labute approximate surface area is 153 Å². The Kier molecular flexibility index (Phi) is 5.96. The molecule has 6 heteroatoms. The Bertz CT molecular complexity index is 733. The molecule has 2 aromatic carbocycles. The standard InChI is InChI=1S/C20H24N2O4/c1-25-16-5-4-6-17(13-16)26-15-11-9-14(10-12-15)21-20(24)22-18-7-2-3-8-19(18)23/h4-6,9-13,18-19,23H,2-3,7-8H2,1H3,(H2,21,22,24). The maximum atomic E-state index is 12.1. The average Bonchev–Trinajstić information content (AvgIpc) is 2.65. The highest BCUT2D eigenvalue weighted by atomic mass is 16.5. The summed E-state index contributed by atoms with van der Waals surface area (Å²) in [6, 6.07) is 14.0. The third-order valence-electron chi connectivity index (χ3n) is 4.44. The molecule has 2 aromatic rings. The van der Waals surface area contributed by atoms with Crippen molar-refractivity contribution in [3.63, 3.8) is 0 Å². The van der Waals surface area contributed by atoms with Gasteiger partial charge < -0.3 is 25.2 Å². The molecule has 0 spiro atoms. The zero-order chi connectivity index (χ0) is 18.4. The molecule has 138 valence electrons. The summed E-state index contributed by atoms with van der Waals surface area (Å²) in [7, 11) is 1.61. The number of urea groups is 1. The van der Waals surface area contributed by atoms with Crippen molar-refractivity contribution in [2.75, 3.05) is 12.4 Å². The van der Waals surface area contributed by atoms with E-state index in [0.717, 1.165) is 31.4 Å². The summed E-state index contributed by atoms with van der Waals surface area (Å²) in [5.41, 5.74) is 0.658. The zero-order valence-electron chi connectivity index (χ0n) is 14.8. The van der Waals surface area contributed by atoms with Gasteiger partial charge in [0.15, 0.2) is 0 Å². The number of carbonyl (C=O) groups is 1. The van der Waals surface area contributed by atoms with Crippen LogP contribution >= 0.6 is 0 Å². The molecule has 2 atom stereocenters. The predicted octanol–water partition coefficient (Wildman–Crippen LogP) is 3.91. The molecule has 2 unspecified atom stereocenters. The third-order valence-corrected chi connectivity index (χ3v) is 4.44. The van der Waals surface area contributed by atoms with Crippen molar-refractivity contribution in [1.29, 1.82) is 0 Å². The van der Waals surface area contributed by atoms with Crippen LogP contribution in [0.5, 0.6) is 17.2 Å². The highest BCUT2D eigenvalue weighted by molar-refractivity contribution is 5.89. The maximum absolute atomic E-state index is 12.1. The second-order valence-electron chi connectivity index (χ2n) is 6.36. The van der Waals surface area contributed by atoms with Crippen LogP contribution in [-0.2, 0) is 0 Å². The van der Waals surface area contributed by atoms with E-state index in [4.69, 9.17) is 9.47 Å². The quantitative estimate of drug-likeness (QED) is 0.759. The minimum absolute atomic E-state index is 0.181.